The molecule has 4 nitrogen and oxygen atoms in total. The summed E-state index contributed by atoms with van der Waals surface area (Å²) < 4.78 is 5.29. The van der Waals surface area contributed by atoms with Crippen molar-refractivity contribution in [1.82, 2.24) is 0 Å². The molecule has 94 valence electrons. The Labute approximate surface area is 109 Å². The molecule has 0 bridgehead atoms. The van der Waals surface area contributed by atoms with Gasteiger partial charge in [-0.1, -0.05) is 30.3 Å². The maximum absolute atomic E-state index is 9.69. The second-order valence-electron chi connectivity index (χ2n) is 4.13. The lowest BCUT2D eigenvalue weighted by atomic mass is 10.2. The number of nitrogens with two attached hydrogens (primary N) is 1. The number of rotatable bonds is 2. The minimum atomic E-state index is -0.0990. The van der Waals surface area contributed by atoms with Crippen LogP contribution in [0.2, 0.25) is 0 Å². The molecule has 2 aromatic carbocycles. The second-order valence-corrected chi connectivity index (χ2v) is 4.13. The third-order valence-electron chi connectivity index (χ3n) is 2.89. The summed E-state index contributed by atoms with van der Waals surface area (Å²) in [6.45, 7) is 0. The van der Waals surface area contributed by atoms with Crippen molar-refractivity contribution in [3.63, 3.8) is 0 Å². The number of hydrogen-bond donors (Lipinski definition) is 2. The first-order valence-electron chi connectivity index (χ1n) is 5.85. The monoisotopic (exact) mass is 252 g/mol. The molecule has 1 aromatic heterocycles. The van der Waals surface area contributed by atoms with Gasteiger partial charge in [-0.3, -0.25) is 4.99 Å². The smallest absolute Gasteiger partial charge is 0.290 e. The normalized spacial score (nSPS) is 11.4. The van der Waals surface area contributed by atoms with Crippen molar-refractivity contribution in [3.05, 3.63) is 54.3 Å². The highest BCUT2D eigenvalue weighted by Gasteiger charge is 2.09. The summed E-state index contributed by atoms with van der Waals surface area (Å²) in [6, 6.07) is 14.7. The van der Waals surface area contributed by atoms with Gasteiger partial charge >= 0.3 is 0 Å². The fourth-order valence-corrected chi connectivity index (χ4v) is 1.93. The molecule has 0 amide bonds. The van der Waals surface area contributed by atoms with E-state index in [1.807, 2.05) is 36.4 Å². The van der Waals surface area contributed by atoms with Crippen molar-refractivity contribution >= 4 is 28.4 Å². The van der Waals surface area contributed by atoms with E-state index in [1.165, 1.54) is 0 Å². The van der Waals surface area contributed by atoms with E-state index in [0.717, 1.165) is 5.39 Å². The zero-order chi connectivity index (χ0) is 13.2. The molecule has 0 atom stereocenters. The number of fused-ring (bicyclic) bond motifs is 1. The van der Waals surface area contributed by atoms with Gasteiger partial charge in [0.15, 0.2) is 5.76 Å². The summed E-state index contributed by atoms with van der Waals surface area (Å²) in [7, 11) is 0. The maximum Gasteiger partial charge on any atom is 0.290 e. The van der Waals surface area contributed by atoms with Crippen molar-refractivity contribution in [2.45, 2.75) is 0 Å². The van der Waals surface area contributed by atoms with E-state index in [2.05, 4.69) is 4.99 Å². The topological polar surface area (TPSA) is 71.8 Å². The number of benzene rings is 2. The molecule has 3 aromatic rings. The van der Waals surface area contributed by atoms with Gasteiger partial charge in [-0.2, -0.15) is 0 Å². The average Bonchev–Trinajstić information content (AvgIpc) is 2.75. The van der Waals surface area contributed by atoms with Crippen LogP contribution in [0, 0.1) is 0 Å². The van der Waals surface area contributed by atoms with Crippen molar-refractivity contribution in [3.8, 4) is 5.95 Å². The standard InChI is InChI=1S/C15H12N2O2/c16-12-7-3-4-8-13(12)17-9-14-10-5-1-2-6-11(10)15(18)19-14/h1-9,18H,16H2. The van der Waals surface area contributed by atoms with Gasteiger partial charge in [0.05, 0.1) is 23.0 Å². The van der Waals surface area contributed by atoms with E-state index in [0.29, 0.717) is 22.5 Å². The molecular formula is C15H12N2O2. The number of nitrogens with zero attached hydrogens (tertiary/aromatic N) is 1. The van der Waals surface area contributed by atoms with Crippen LogP contribution in [0.1, 0.15) is 5.76 Å². The maximum atomic E-state index is 9.69. The highest BCUT2D eigenvalue weighted by Crippen LogP contribution is 2.30. The molecule has 0 unspecified atom stereocenters. The summed E-state index contributed by atoms with van der Waals surface area (Å²) in [5.41, 5.74) is 7.07. The molecule has 0 saturated carbocycles. The molecule has 19 heavy (non-hydrogen) atoms. The largest absolute Gasteiger partial charge is 0.480 e. The molecule has 0 aliphatic carbocycles. The Morgan fingerprint density at radius 3 is 2.47 bits per heavy atom. The van der Waals surface area contributed by atoms with Crippen LogP contribution in [0.5, 0.6) is 5.95 Å². The van der Waals surface area contributed by atoms with Crippen LogP contribution >= 0.6 is 0 Å². The van der Waals surface area contributed by atoms with Gasteiger partial charge in [0.1, 0.15) is 0 Å². The van der Waals surface area contributed by atoms with Crippen molar-refractivity contribution in [2.24, 2.45) is 4.99 Å². The highest BCUT2D eigenvalue weighted by molar-refractivity contribution is 6.00. The summed E-state index contributed by atoms with van der Waals surface area (Å²) in [5.74, 6) is 0.412. The van der Waals surface area contributed by atoms with Gasteiger partial charge in [-0.05, 0) is 18.2 Å². The molecule has 0 aliphatic rings. The Morgan fingerprint density at radius 2 is 1.68 bits per heavy atom. The van der Waals surface area contributed by atoms with Crippen LogP contribution in [-0.2, 0) is 0 Å². The van der Waals surface area contributed by atoms with E-state index in [4.69, 9.17) is 10.2 Å². The Morgan fingerprint density at radius 1 is 1.00 bits per heavy atom. The van der Waals surface area contributed by atoms with E-state index >= 15 is 0 Å². The van der Waals surface area contributed by atoms with E-state index in [-0.39, 0.29) is 5.95 Å². The lowest BCUT2D eigenvalue weighted by Gasteiger charge is -1.97. The SMILES string of the molecule is Nc1ccccc1N=Cc1oc(O)c2ccccc12. The third kappa shape index (κ3) is 2.04. The fourth-order valence-electron chi connectivity index (χ4n) is 1.93. The molecule has 0 aliphatic heterocycles. The summed E-state index contributed by atoms with van der Waals surface area (Å²) >= 11 is 0. The Bertz CT molecular complexity index is 760. The summed E-state index contributed by atoms with van der Waals surface area (Å²) in [5, 5.41) is 11.2. The number of anilines is 1. The first kappa shape index (κ1) is 11.3. The van der Waals surface area contributed by atoms with Gasteiger partial charge in [0.2, 0.25) is 0 Å². The first-order chi connectivity index (χ1) is 9.25. The highest BCUT2D eigenvalue weighted by atomic mass is 16.5. The van der Waals surface area contributed by atoms with E-state index < -0.39 is 0 Å². The number of aromatic hydroxyl groups is 1. The molecule has 4 heteroatoms. The summed E-state index contributed by atoms with van der Waals surface area (Å²) in [6.07, 6.45) is 1.56. The third-order valence-corrected chi connectivity index (χ3v) is 2.89. The van der Waals surface area contributed by atoms with Crippen LogP contribution in [0.25, 0.3) is 10.8 Å². The van der Waals surface area contributed by atoms with Gasteiger partial charge < -0.3 is 15.3 Å². The van der Waals surface area contributed by atoms with Crippen LogP contribution < -0.4 is 5.73 Å². The fraction of sp³-hybridized carbons (Fsp3) is 0. The molecule has 3 rings (SSSR count). The predicted octanol–water partition coefficient (Wildman–Crippen LogP) is 3.47. The van der Waals surface area contributed by atoms with Crippen molar-refractivity contribution in [1.29, 1.82) is 0 Å². The number of hydrogen-bond acceptors (Lipinski definition) is 4. The molecule has 1 heterocycles. The van der Waals surface area contributed by atoms with E-state index in [9.17, 15) is 5.11 Å². The van der Waals surface area contributed by atoms with Gasteiger partial charge in [-0.25, -0.2) is 0 Å². The Balaban J connectivity index is 2.05. The molecule has 0 radical (unpaired) electrons. The van der Waals surface area contributed by atoms with Crippen LogP contribution in [0.3, 0.4) is 0 Å². The molecule has 0 spiro atoms. The van der Waals surface area contributed by atoms with Crippen LogP contribution in [0.15, 0.2) is 57.9 Å². The average molecular weight is 252 g/mol. The molecule has 0 fully saturated rings. The van der Waals surface area contributed by atoms with E-state index in [1.54, 1.807) is 18.3 Å². The number of para-hydroxylation sites is 2. The number of furan rings is 1. The minimum Gasteiger partial charge on any atom is -0.480 e. The van der Waals surface area contributed by atoms with Crippen LogP contribution in [0.4, 0.5) is 11.4 Å². The van der Waals surface area contributed by atoms with Crippen LogP contribution in [-0.4, -0.2) is 11.3 Å². The number of nitrogen functional groups attached to an aromatic ring is 1. The lowest BCUT2D eigenvalue weighted by molar-refractivity contribution is 0.336. The Hall–Kier alpha value is -2.75. The van der Waals surface area contributed by atoms with Gasteiger partial charge in [0, 0.05) is 5.39 Å². The van der Waals surface area contributed by atoms with Crippen molar-refractivity contribution < 1.29 is 9.52 Å². The molecule has 0 saturated heterocycles. The Kier molecular flexibility index (Phi) is 2.68. The predicted molar refractivity (Wildman–Crippen MR) is 76.0 cm³/mol. The zero-order valence-corrected chi connectivity index (χ0v) is 10.1. The molecular weight excluding hydrogens is 240 g/mol. The first-order valence-corrected chi connectivity index (χ1v) is 5.85. The molecule has 3 N–H and O–H groups in total. The lowest BCUT2D eigenvalue weighted by Crippen LogP contribution is -1.84. The summed E-state index contributed by atoms with van der Waals surface area (Å²) in [4.78, 5) is 4.28. The number of aliphatic imine (C=N–C) groups is 1. The van der Waals surface area contributed by atoms with Gasteiger partial charge in [-0.15, -0.1) is 0 Å². The minimum absolute atomic E-state index is 0.0990. The van der Waals surface area contributed by atoms with Crippen molar-refractivity contribution in [2.75, 3.05) is 5.73 Å². The zero-order valence-electron chi connectivity index (χ0n) is 10.1. The van der Waals surface area contributed by atoms with Gasteiger partial charge in [0.25, 0.3) is 5.95 Å². The quantitative estimate of drug-likeness (QED) is 0.541. The second kappa shape index (κ2) is 4.49.